The molecule has 1 aromatic carbocycles. The zero-order chi connectivity index (χ0) is 13.0. The number of hydrogen-bond acceptors (Lipinski definition) is 5. The summed E-state index contributed by atoms with van der Waals surface area (Å²) in [4.78, 5) is 0.183. The van der Waals surface area contributed by atoms with Gasteiger partial charge >= 0.3 is 5.51 Å². The summed E-state index contributed by atoms with van der Waals surface area (Å²) in [5.74, 6) is 0. The highest BCUT2D eigenvalue weighted by atomic mass is 32.2. The van der Waals surface area contributed by atoms with Crippen LogP contribution in [0.1, 0.15) is 5.56 Å². The zero-order valence-electron chi connectivity index (χ0n) is 8.94. The molecule has 0 fully saturated rings. The van der Waals surface area contributed by atoms with Crippen LogP contribution in [0.4, 0.5) is 18.3 Å². The van der Waals surface area contributed by atoms with Gasteiger partial charge in [0.15, 0.2) is 0 Å². The van der Waals surface area contributed by atoms with Gasteiger partial charge in [-0.05, 0) is 29.5 Å². The van der Waals surface area contributed by atoms with Crippen molar-refractivity contribution < 1.29 is 13.2 Å². The second-order valence-corrected chi connectivity index (χ2v) is 5.26. The van der Waals surface area contributed by atoms with E-state index in [2.05, 4.69) is 15.5 Å². The van der Waals surface area contributed by atoms with Gasteiger partial charge in [0.05, 0.1) is 0 Å². The van der Waals surface area contributed by atoms with Crippen LogP contribution in [0.5, 0.6) is 0 Å². The number of benzene rings is 1. The van der Waals surface area contributed by atoms with Crippen molar-refractivity contribution in [1.82, 2.24) is 10.2 Å². The first-order valence-electron chi connectivity index (χ1n) is 4.88. The van der Waals surface area contributed by atoms with Crippen molar-refractivity contribution in [3.05, 3.63) is 35.3 Å². The third-order valence-corrected chi connectivity index (χ3v) is 3.35. The lowest BCUT2D eigenvalue weighted by atomic mass is 10.2. The average molecular weight is 291 g/mol. The van der Waals surface area contributed by atoms with Crippen LogP contribution in [0.2, 0.25) is 0 Å². The van der Waals surface area contributed by atoms with Gasteiger partial charge in [0, 0.05) is 11.4 Å². The molecule has 0 atom stereocenters. The number of nitrogens with one attached hydrogen (secondary N) is 1. The molecule has 0 unspecified atom stereocenters. The van der Waals surface area contributed by atoms with E-state index in [1.807, 2.05) is 0 Å². The number of halogens is 3. The highest BCUT2D eigenvalue weighted by Gasteiger charge is 2.28. The molecule has 0 aliphatic heterocycles. The van der Waals surface area contributed by atoms with Gasteiger partial charge in [0.1, 0.15) is 5.51 Å². The highest BCUT2D eigenvalue weighted by molar-refractivity contribution is 8.00. The molecule has 1 N–H and O–H groups in total. The van der Waals surface area contributed by atoms with Gasteiger partial charge in [-0.15, -0.1) is 10.2 Å². The minimum absolute atomic E-state index is 0.115. The molecule has 8 heteroatoms. The molecule has 0 aliphatic carbocycles. The summed E-state index contributed by atoms with van der Waals surface area (Å²) in [7, 11) is 0. The largest absolute Gasteiger partial charge is 0.446 e. The first-order chi connectivity index (χ1) is 8.53. The Kier molecular flexibility index (Phi) is 4.07. The molecule has 0 aliphatic rings. The Morgan fingerprint density at radius 2 is 1.94 bits per heavy atom. The van der Waals surface area contributed by atoms with Crippen molar-refractivity contribution in [2.75, 3.05) is 5.32 Å². The Labute approximate surface area is 109 Å². The van der Waals surface area contributed by atoms with Gasteiger partial charge in [0.25, 0.3) is 0 Å². The molecule has 1 heterocycles. The lowest BCUT2D eigenvalue weighted by Crippen LogP contribution is -2.00. The van der Waals surface area contributed by atoms with E-state index in [-0.39, 0.29) is 16.7 Å². The van der Waals surface area contributed by atoms with E-state index < -0.39 is 5.51 Å². The molecule has 96 valence electrons. The summed E-state index contributed by atoms with van der Waals surface area (Å²) in [6, 6.07) is 6.22. The second kappa shape index (κ2) is 5.57. The minimum Gasteiger partial charge on any atom is -0.356 e. The van der Waals surface area contributed by atoms with Crippen LogP contribution >= 0.6 is 23.1 Å². The number of nitrogens with zero attached hydrogens (tertiary/aromatic N) is 2. The molecule has 0 amide bonds. The third kappa shape index (κ3) is 4.19. The van der Waals surface area contributed by atoms with E-state index in [4.69, 9.17) is 0 Å². The number of anilines is 1. The maximum atomic E-state index is 12.1. The van der Waals surface area contributed by atoms with E-state index >= 15 is 0 Å². The van der Waals surface area contributed by atoms with Gasteiger partial charge in [-0.2, -0.15) is 13.2 Å². The molecule has 2 rings (SSSR count). The fraction of sp³-hybridized carbons (Fsp3) is 0.200. The van der Waals surface area contributed by atoms with Crippen molar-refractivity contribution >= 4 is 28.2 Å². The van der Waals surface area contributed by atoms with Crippen LogP contribution in [-0.2, 0) is 6.54 Å². The number of alkyl halides is 3. The van der Waals surface area contributed by atoms with Crippen molar-refractivity contribution in [1.29, 1.82) is 0 Å². The van der Waals surface area contributed by atoms with E-state index in [0.29, 0.717) is 11.7 Å². The quantitative estimate of drug-likeness (QED) is 0.870. The number of thioether (sulfide) groups is 1. The summed E-state index contributed by atoms with van der Waals surface area (Å²) in [5, 5.41) is 11.2. The summed E-state index contributed by atoms with van der Waals surface area (Å²) in [5.41, 5.74) is -1.76. The molecule has 0 saturated heterocycles. The lowest BCUT2D eigenvalue weighted by Gasteiger charge is -2.06. The van der Waals surface area contributed by atoms with E-state index in [1.54, 1.807) is 17.6 Å². The van der Waals surface area contributed by atoms with Gasteiger partial charge in [-0.3, -0.25) is 0 Å². The molecule has 0 bridgehead atoms. The lowest BCUT2D eigenvalue weighted by molar-refractivity contribution is -0.0328. The summed E-state index contributed by atoms with van der Waals surface area (Å²) in [6.45, 7) is 0.506. The summed E-state index contributed by atoms with van der Waals surface area (Å²) < 4.78 is 36.3. The fourth-order valence-electron chi connectivity index (χ4n) is 1.24. The van der Waals surface area contributed by atoms with Crippen molar-refractivity contribution in [2.24, 2.45) is 0 Å². The Morgan fingerprint density at radius 3 is 2.50 bits per heavy atom. The third-order valence-electron chi connectivity index (χ3n) is 1.96. The number of hydrogen-bond donors (Lipinski definition) is 1. The monoisotopic (exact) mass is 291 g/mol. The van der Waals surface area contributed by atoms with Crippen molar-refractivity contribution in [2.45, 2.75) is 16.9 Å². The fourth-order valence-corrected chi connectivity index (χ4v) is 2.22. The Bertz CT molecular complexity index is 482. The summed E-state index contributed by atoms with van der Waals surface area (Å²) in [6.07, 6.45) is 0. The molecule has 18 heavy (non-hydrogen) atoms. The molecule has 2 aromatic rings. The van der Waals surface area contributed by atoms with E-state index in [1.165, 1.54) is 23.5 Å². The molecule has 3 nitrogen and oxygen atoms in total. The van der Waals surface area contributed by atoms with Gasteiger partial charge in [-0.25, -0.2) is 0 Å². The number of aromatic nitrogens is 2. The Balaban J connectivity index is 1.91. The van der Waals surface area contributed by atoms with E-state index in [0.717, 1.165) is 5.56 Å². The van der Waals surface area contributed by atoms with Crippen LogP contribution in [0.3, 0.4) is 0 Å². The average Bonchev–Trinajstić information content (AvgIpc) is 2.79. The van der Waals surface area contributed by atoms with Gasteiger partial charge < -0.3 is 5.32 Å². The van der Waals surface area contributed by atoms with Crippen LogP contribution in [-0.4, -0.2) is 15.7 Å². The topological polar surface area (TPSA) is 37.8 Å². The van der Waals surface area contributed by atoms with Crippen LogP contribution in [0.25, 0.3) is 0 Å². The first kappa shape index (κ1) is 13.2. The molecule has 0 radical (unpaired) electrons. The SMILES string of the molecule is FC(F)(F)Sc1ccc(CNc2nncs2)cc1. The van der Waals surface area contributed by atoms with Crippen LogP contribution < -0.4 is 5.32 Å². The zero-order valence-corrected chi connectivity index (χ0v) is 10.6. The Hall–Kier alpha value is -1.28. The predicted octanol–water partition coefficient (Wildman–Crippen LogP) is 3.76. The van der Waals surface area contributed by atoms with Crippen molar-refractivity contribution in [3.8, 4) is 0 Å². The van der Waals surface area contributed by atoms with E-state index in [9.17, 15) is 13.2 Å². The molecule has 0 saturated carbocycles. The van der Waals surface area contributed by atoms with Gasteiger partial charge in [-0.1, -0.05) is 23.5 Å². The minimum atomic E-state index is -4.24. The smallest absolute Gasteiger partial charge is 0.356 e. The van der Waals surface area contributed by atoms with Crippen LogP contribution in [0.15, 0.2) is 34.7 Å². The first-order valence-corrected chi connectivity index (χ1v) is 6.57. The van der Waals surface area contributed by atoms with Gasteiger partial charge in [0.2, 0.25) is 5.13 Å². The standard InChI is InChI=1S/C10H8F3N3S2/c11-10(12,13)18-8-3-1-7(2-4-8)5-14-9-16-15-6-17-9/h1-4,6H,5H2,(H,14,16). The maximum absolute atomic E-state index is 12.1. The van der Waals surface area contributed by atoms with Crippen molar-refractivity contribution in [3.63, 3.8) is 0 Å². The molecule has 0 spiro atoms. The number of rotatable bonds is 4. The molecule has 1 aromatic heterocycles. The van der Waals surface area contributed by atoms with Crippen LogP contribution in [0, 0.1) is 0 Å². The maximum Gasteiger partial charge on any atom is 0.446 e. The highest BCUT2D eigenvalue weighted by Crippen LogP contribution is 2.36. The summed E-state index contributed by atoms with van der Waals surface area (Å²) >= 11 is 1.25. The predicted molar refractivity (Wildman–Crippen MR) is 65.6 cm³/mol. The second-order valence-electron chi connectivity index (χ2n) is 3.29. The normalized spacial score (nSPS) is 11.5. The molecular formula is C10H8F3N3S2. The molecular weight excluding hydrogens is 283 g/mol. The Morgan fingerprint density at radius 1 is 1.22 bits per heavy atom.